The lowest BCUT2D eigenvalue weighted by atomic mass is 9.88. The number of benzene rings is 1. The molecule has 1 aliphatic carbocycles. The molecule has 0 saturated heterocycles. The molecule has 1 fully saturated rings. The second-order valence-corrected chi connectivity index (χ2v) is 7.86. The number of aliphatic hydroxyl groups is 1. The molecule has 0 aliphatic heterocycles. The van der Waals surface area contributed by atoms with E-state index in [1.807, 2.05) is 12.1 Å². The molecule has 5 nitrogen and oxygen atoms in total. The van der Waals surface area contributed by atoms with Gasteiger partial charge in [-0.2, -0.15) is 0 Å². The number of nitrogens with one attached hydrogen (secondary N) is 2. The zero-order valence-corrected chi connectivity index (χ0v) is 15.2. The number of hydrogen-bond donors (Lipinski definition) is 3. The Labute approximate surface area is 149 Å². The van der Waals surface area contributed by atoms with Crippen LogP contribution in [0.3, 0.4) is 0 Å². The lowest BCUT2D eigenvalue weighted by molar-refractivity contribution is -0.117. The Morgan fingerprint density at radius 1 is 1.24 bits per heavy atom. The van der Waals surface area contributed by atoms with Crippen molar-refractivity contribution in [3.05, 3.63) is 41.5 Å². The molecule has 1 aromatic carbocycles. The summed E-state index contributed by atoms with van der Waals surface area (Å²) >= 11 is 0. The Balaban J connectivity index is 1.87. The lowest BCUT2D eigenvalue weighted by Crippen LogP contribution is -2.39. The highest BCUT2D eigenvalue weighted by Crippen LogP contribution is 2.21. The smallest absolute Gasteiger partial charge is 0.251 e. The summed E-state index contributed by atoms with van der Waals surface area (Å²) in [5, 5.41) is 15.1. The van der Waals surface area contributed by atoms with Crippen LogP contribution < -0.4 is 10.6 Å². The number of amides is 2. The quantitative estimate of drug-likeness (QED) is 0.665. The zero-order valence-electron chi connectivity index (χ0n) is 15.2. The van der Waals surface area contributed by atoms with Gasteiger partial charge in [-0.25, -0.2) is 0 Å². The van der Waals surface area contributed by atoms with E-state index in [4.69, 9.17) is 0 Å². The predicted octanol–water partition coefficient (Wildman–Crippen LogP) is 2.51. The second kappa shape index (κ2) is 8.30. The van der Waals surface area contributed by atoms with Crippen molar-refractivity contribution in [1.82, 2.24) is 10.6 Å². The van der Waals surface area contributed by atoms with Crippen LogP contribution in [0.4, 0.5) is 0 Å². The third-order valence-electron chi connectivity index (χ3n) is 3.94. The lowest BCUT2D eigenvalue weighted by Gasteiger charge is -2.24. The molecule has 136 valence electrons. The highest BCUT2D eigenvalue weighted by molar-refractivity contribution is 5.95. The summed E-state index contributed by atoms with van der Waals surface area (Å²) < 4.78 is 0. The van der Waals surface area contributed by atoms with Gasteiger partial charge in [-0.3, -0.25) is 9.59 Å². The van der Waals surface area contributed by atoms with E-state index in [1.165, 1.54) is 6.08 Å². The maximum absolute atomic E-state index is 12.0. The fourth-order valence-electron chi connectivity index (χ4n) is 2.56. The predicted molar refractivity (Wildman–Crippen MR) is 99.1 cm³/mol. The summed E-state index contributed by atoms with van der Waals surface area (Å²) in [4.78, 5) is 23.9. The molecule has 0 aromatic heterocycles. The highest BCUT2D eigenvalue weighted by Gasteiger charge is 2.23. The van der Waals surface area contributed by atoms with Crippen molar-refractivity contribution in [2.24, 2.45) is 5.41 Å². The van der Waals surface area contributed by atoms with E-state index in [0.717, 1.165) is 18.4 Å². The van der Waals surface area contributed by atoms with Gasteiger partial charge in [0, 0.05) is 17.7 Å². The van der Waals surface area contributed by atoms with Gasteiger partial charge in [-0.15, -0.1) is 0 Å². The van der Waals surface area contributed by atoms with Crippen LogP contribution in [0.2, 0.25) is 0 Å². The summed E-state index contributed by atoms with van der Waals surface area (Å²) in [5.41, 5.74) is 1.50. The molecule has 1 atom stereocenters. The maximum atomic E-state index is 12.0. The zero-order chi connectivity index (χ0) is 18.4. The standard InChI is InChI=1S/C20H28N2O3/c1-20(2,3)12-17(13-23)21-18(24)11-6-14-4-7-15(8-5-14)19(25)22-16-9-10-16/h4-8,11,16-17,23H,9-10,12-13H2,1-3H3,(H,21,24)(H,22,25)/b11-6+. The van der Waals surface area contributed by atoms with E-state index < -0.39 is 0 Å². The highest BCUT2D eigenvalue weighted by atomic mass is 16.3. The molecule has 0 radical (unpaired) electrons. The molecule has 2 rings (SSSR count). The molecule has 0 heterocycles. The third kappa shape index (κ3) is 7.10. The fourth-order valence-corrected chi connectivity index (χ4v) is 2.56. The first-order valence-electron chi connectivity index (χ1n) is 8.77. The summed E-state index contributed by atoms with van der Waals surface area (Å²) in [7, 11) is 0. The molecule has 1 aromatic rings. The molecule has 0 bridgehead atoms. The third-order valence-corrected chi connectivity index (χ3v) is 3.94. The van der Waals surface area contributed by atoms with Crippen molar-refractivity contribution in [3.8, 4) is 0 Å². The molecular weight excluding hydrogens is 316 g/mol. The monoisotopic (exact) mass is 344 g/mol. The molecule has 2 amide bonds. The van der Waals surface area contributed by atoms with Crippen LogP contribution in [0.25, 0.3) is 6.08 Å². The van der Waals surface area contributed by atoms with Gasteiger partial charge >= 0.3 is 0 Å². The Kier molecular flexibility index (Phi) is 6.37. The number of hydrogen-bond acceptors (Lipinski definition) is 3. The normalized spacial score (nSPS) is 15.8. The minimum absolute atomic E-state index is 0.0290. The maximum Gasteiger partial charge on any atom is 0.251 e. The van der Waals surface area contributed by atoms with Crippen LogP contribution in [-0.4, -0.2) is 35.6 Å². The van der Waals surface area contributed by atoms with E-state index in [-0.39, 0.29) is 29.9 Å². The van der Waals surface area contributed by atoms with Gasteiger partial charge in [0.15, 0.2) is 0 Å². The van der Waals surface area contributed by atoms with E-state index in [2.05, 4.69) is 31.4 Å². The SMILES string of the molecule is CC(C)(C)CC(CO)NC(=O)/C=C/c1ccc(C(=O)NC2CC2)cc1. The first kappa shape index (κ1) is 19.2. The molecule has 0 spiro atoms. The molecule has 25 heavy (non-hydrogen) atoms. The number of aliphatic hydroxyl groups excluding tert-OH is 1. The minimum Gasteiger partial charge on any atom is -0.394 e. The largest absolute Gasteiger partial charge is 0.394 e. The van der Waals surface area contributed by atoms with Crippen LogP contribution in [0.15, 0.2) is 30.3 Å². The van der Waals surface area contributed by atoms with Gasteiger partial charge in [-0.05, 0) is 48.4 Å². The molecule has 1 aliphatic rings. The summed E-state index contributed by atoms with van der Waals surface area (Å²) in [6, 6.07) is 7.21. The number of carbonyl (C=O) groups excluding carboxylic acids is 2. The van der Waals surface area contributed by atoms with Crippen molar-refractivity contribution in [1.29, 1.82) is 0 Å². The Morgan fingerprint density at radius 3 is 2.40 bits per heavy atom. The summed E-state index contributed by atoms with van der Waals surface area (Å²) in [6.07, 6.45) is 5.97. The van der Waals surface area contributed by atoms with Crippen molar-refractivity contribution >= 4 is 17.9 Å². The number of rotatable bonds is 7. The fraction of sp³-hybridized carbons (Fsp3) is 0.500. The van der Waals surface area contributed by atoms with Gasteiger partial charge in [-0.1, -0.05) is 32.9 Å². The second-order valence-electron chi connectivity index (χ2n) is 7.86. The van der Waals surface area contributed by atoms with Crippen LogP contribution in [0.1, 0.15) is 56.0 Å². The van der Waals surface area contributed by atoms with Crippen molar-refractivity contribution in [2.75, 3.05) is 6.61 Å². The molecule has 1 saturated carbocycles. The number of carbonyl (C=O) groups is 2. The first-order valence-corrected chi connectivity index (χ1v) is 8.77. The Hall–Kier alpha value is -2.14. The van der Waals surface area contributed by atoms with Gasteiger partial charge < -0.3 is 15.7 Å². The van der Waals surface area contributed by atoms with Gasteiger partial charge in [0.05, 0.1) is 12.6 Å². The van der Waals surface area contributed by atoms with Crippen molar-refractivity contribution in [3.63, 3.8) is 0 Å². The summed E-state index contributed by atoms with van der Waals surface area (Å²) in [6.45, 7) is 6.12. The first-order chi connectivity index (χ1) is 11.8. The Morgan fingerprint density at radius 2 is 1.88 bits per heavy atom. The average molecular weight is 344 g/mol. The minimum atomic E-state index is -0.259. The Bertz CT molecular complexity index is 625. The van der Waals surface area contributed by atoms with Crippen LogP contribution >= 0.6 is 0 Å². The molecule has 3 N–H and O–H groups in total. The van der Waals surface area contributed by atoms with Crippen LogP contribution in [0.5, 0.6) is 0 Å². The van der Waals surface area contributed by atoms with Crippen molar-refractivity contribution < 1.29 is 14.7 Å². The topological polar surface area (TPSA) is 78.4 Å². The van der Waals surface area contributed by atoms with Crippen molar-refractivity contribution in [2.45, 2.75) is 52.1 Å². The molecule has 1 unspecified atom stereocenters. The molecular formula is C20H28N2O3. The van der Waals surface area contributed by atoms with Crippen LogP contribution in [0, 0.1) is 5.41 Å². The van der Waals surface area contributed by atoms with E-state index in [0.29, 0.717) is 18.0 Å². The van der Waals surface area contributed by atoms with E-state index in [1.54, 1.807) is 18.2 Å². The van der Waals surface area contributed by atoms with Gasteiger partial charge in [0.25, 0.3) is 5.91 Å². The average Bonchev–Trinajstić information content (AvgIpc) is 3.35. The van der Waals surface area contributed by atoms with Gasteiger partial charge in [0.2, 0.25) is 5.91 Å². The van der Waals surface area contributed by atoms with Crippen LogP contribution in [-0.2, 0) is 4.79 Å². The van der Waals surface area contributed by atoms with E-state index in [9.17, 15) is 14.7 Å². The summed E-state index contributed by atoms with van der Waals surface area (Å²) in [5.74, 6) is -0.289. The molecule has 5 heteroatoms. The van der Waals surface area contributed by atoms with Gasteiger partial charge in [0.1, 0.15) is 0 Å². The van der Waals surface area contributed by atoms with E-state index >= 15 is 0 Å².